The van der Waals surface area contributed by atoms with Gasteiger partial charge in [0, 0.05) is 38.6 Å². The third-order valence-corrected chi connectivity index (χ3v) is 3.61. The van der Waals surface area contributed by atoms with Crippen LogP contribution in [0, 0.1) is 0 Å². The molecule has 1 aromatic heterocycles. The fraction of sp³-hybridized carbons (Fsp3) is 0.375. The molecular weight excluding hydrogens is 262 g/mol. The summed E-state index contributed by atoms with van der Waals surface area (Å²) in [6.07, 6.45) is 4.28. The Labute approximate surface area is 125 Å². The summed E-state index contributed by atoms with van der Waals surface area (Å²) in [4.78, 5) is 13.2. The van der Waals surface area contributed by atoms with Gasteiger partial charge in [0.2, 0.25) is 5.95 Å². The number of aromatic nitrogens is 2. The minimum Gasteiger partial charge on any atom is -0.399 e. The standard InChI is InChI=1S/C16H21N5/c1-20(2)16-18-9-8-15(19-16)21(14-6-7-14)11-12-4-3-5-13(17)10-12/h3-5,8-10,14H,6-7,11,17H2,1-2H3. The first-order valence-electron chi connectivity index (χ1n) is 7.25. The van der Waals surface area contributed by atoms with E-state index < -0.39 is 0 Å². The Morgan fingerprint density at radius 2 is 2.05 bits per heavy atom. The lowest BCUT2D eigenvalue weighted by atomic mass is 10.2. The third-order valence-electron chi connectivity index (χ3n) is 3.61. The van der Waals surface area contributed by atoms with Crippen LogP contribution in [0.1, 0.15) is 18.4 Å². The quantitative estimate of drug-likeness (QED) is 0.853. The first-order chi connectivity index (χ1) is 10.1. The molecule has 1 heterocycles. The van der Waals surface area contributed by atoms with Crippen LogP contribution in [-0.2, 0) is 6.54 Å². The van der Waals surface area contributed by atoms with E-state index in [0.717, 1.165) is 24.0 Å². The smallest absolute Gasteiger partial charge is 0.226 e. The Morgan fingerprint density at radius 3 is 2.71 bits per heavy atom. The van der Waals surface area contributed by atoms with Crippen LogP contribution in [0.2, 0.25) is 0 Å². The summed E-state index contributed by atoms with van der Waals surface area (Å²) in [6.45, 7) is 0.833. The summed E-state index contributed by atoms with van der Waals surface area (Å²) in [5.41, 5.74) is 7.90. The molecule has 1 aliphatic rings. The van der Waals surface area contributed by atoms with Crippen molar-refractivity contribution in [3.8, 4) is 0 Å². The summed E-state index contributed by atoms with van der Waals surface area (Å²) in [7, 11) is 3.91. The zero-order chi connectivity index (χ0) is 14.8. The minimum atomic E-state index is 0.580. The second kappa shape index (κ2) is 5.60. The zero-order valence-corrected chi connectivity index (χ0v) is 12.5. The van der Waals surface area contributed by atoms with Crippen LogP contribution in [0.25, 0.3) is 0 Å². The van der Waals surface area contributed by atoms with E-state index in [1.54, 1.807) is 0 Å². The second-order valence-corrected chi connectivity index (χ2v) is 5.71. The molecule has 0 spiro atoms. The lowest BCUT2D eigenvalue weighted by molar-refractivity contribution is 0.773. The van der Waals surface area contributed by atoms with Crippen molar-refractivity contribution in [3.63, 3.8) is 0 Å². The van der Waals surface area contributed by atoms with Crippen LogP contribution >= 0.6 is 0 Å². The summed E-state index contributed by atoms with van der Waals surface area (Å²) in [6, 6.07) is 10.6. The minimum absolute atomic E-state index is 0.580. The summed E-state index contributed by atoms with van der Waals surface area (Å²) >= 11 is 0. The van der Waals surface area contributed by atoms with Gasteiger partial charge in [-0.2, -0.15) is 4.98 Å². The molecule has 0 amide bonds. The van der Waals surface area contributed by atoms with Crippen molar-refractivity contribution in [3.05, 3.63) is 42.1 Å². The van der Waals surface area contributed by atoms with E-state index in [0.29, 0.717) is 6.04 Å². The van der Waals surface area contributed by atoms with Crippen LogP contribution in [-0.4, -0.2) is 30.1 Å². The maximum Gasteiger partial charge on any atom is 0.226 e. The number of nitrogens with two attached hydrogens (primary N) is 1. The molecule has 0 radical (unpaired) electrons. The molecule has 1 fully saturated rings. The number of hydrogen-bond donors (Lipinski definition) is 1. The highest BCUT2D eigenvalue weighted by Gasteiger charge is 2.30. The van der Waals surface area contributed by atoms with E-state index in [9.17, 15) is 0 Å². The molecule has 1 aliphatic carbocycles. The van der Waals surface area contributed by atoms with Gasteiger partial charge in [-0.1, -0.05) is 12.1 Å². The molecule has 110 valence electrons. The van der Waals surface area contributed by atoms with E-state index in [1.807, 2.05) is 49.5 Å². The van der Waals surface area contributed by atoms with Crippen LogP contribution in [0.5, 0.6) is 0 Å². The van der Waals surface area contributed by atoms with Gasteiger partial charge in [0.1, 0.15) is 5.82 Å². The summed E-state index contributed by atoms with van der Waals surface area (Å²) in [5, 5.41) is 0. The van der Waals surface area contributed by atoms with Crippen LogP contribution in [0.3, 0.4) is 0 Å². The predicted octanol–water partition coefficient (Wildman–Crippen LogP) is 2.29. The molecular formula is C16H21N5. The molecule has 1 saturated carbocycles. The normalized spacial score (nSPS) is 14.0. The van der Waals surface area contributed by atoms with E-state index in [-0.39, 0.29) is 0 Å². The average molecular weight is 283 g/mol. The van der Waals surface area contributed by atoms with E-state index in [1.165, 1.54) is 18.4 Å². The average Bonchev–Trinajstić information content (AvgIpc) is 3.29. The molecule has 3 rings (SSSR count). The first-order valence-corrected chi connectivity index (χ1v) is 7.25. The van der Waals surface area contributed by atoms with E-state index in [2.05, 4.69) is 20.9 Å². The lowest BCUT2D eigenvalue weighted by Gasteiger charge is -2.24. The molecule has 0 atom stereocenters. The molecule has 5 nitrogen and oxygen atoms in total. The SMILES string of the molecule is CN(C)c1nccc(N(Cc2cccc(N)c2)C2CC2)n1. The van der Waals surface area contributed by atoms with Crippen LogP contribution in [0.15, 0.2) is 36.5 Å². The highest BCUT2D eigenvalue weighted by molar-refractivity contribution is 5.48. The maximum atomic E-state index is 5.88. The van der Waals surface area contributed by atoms with Gasteiger partial charge in [0.05, 0.1) is 0 Å². The molecule has 1 aromatic carbocycles. The number of anilines is 3. The van der Waals surface area contributed by atoms with Gasteiger partial charge < -0.3 is 15.5 Å². The molecule has 0 saturated heterocycles. The number of hydrogen-bond acceptors (Lipinski definition) is 5. The van der Waals surface area contributed by atoms with Gasteiger partial charge in [0.15, 0.2) is 0 Å². The van der Waals surface area contributed by atoms with E-state index >= 15 is 0 Å². The summed E-state index contributed by atoms with van der Waals surface area (Å²) < 4.78 is 0. The first kappa shape index (κ1) is 13.7. The second-order valence-electron chi connectivity index (χ2n) is 5.71. The molecule has 0 aliphatic heterocycles. The van der Waals surface area contributed by atoms with Crippen molar-refractivity contribution >= 4 is 17.5 Å². The Balaban J connectivity index is 1.86. The molecule has 2 aromatic rings. The van der Waals surface area contributed by atoms with Gasteiger partial charge in [-0.05, 0) is 36.6 Å². The maximum absolute atomic E-state index is 5.88. The van der Waals surface area contributed by atoms with Crippen LogP contribution in [0.4, 0.5) is 17.5 Å². The van der Waals surface area contributed by atoms with Crippen molar-refractivity contribution in [1.29, 1.82) is 0 Å². The number of nitrogen functional groups attached to an aromatic ring is 1. The Bertz CT molecular complexity index is 622. The fourth-order valence-electron chi connectivity index (χ4n) is 2.39. The zero-order valence-electron chi connectivity index (χ0n) is 12.5. The Morgan fingerprint density at radius 1 is 1.24 bits per heavy atom. The summed E-state index contributed by atoms with van der Waals surface area (Å²) in [5.74, 6) is 1.73. The monoisotopic (exact) mass is 283 g/mol. The highest BCUT2D eigenvalue weighted by atomic mass is 15.3. The molecule has 21 heavy (non-hydrogen) atoms. The third kappa shape index (κ3) is 3.24. The molecule has 0 unspecified atom stereocenters. The number of rotatable bonds is 5. The largest absolute Gasteiger partial charge is 0.399 e. The Kier molecular flexibility index (Phi) is 3.64. The van der Waals surface area contributed by atoms with Gasteiger partial charge in [0.25, 0.3) is 0 Å². The topological polar surface area (TPSA) is 58.3 Å². The fourth-order valence-corrected chi connectivity index (χ4v) is 2.39. The van der Waals surface area contributed by atoms with Gasteiger partial charge in [-0.25, -0.2) is 4.98 Å². The van der Waals surface area contributed by atoms with Crippen LogP contribution < -0.4 is 15.5 Å². The lowest BCUT2D eigenvalue weighted by Crippen LogP contribution is -2.27. The van der Waals surface area contributed by atoms with Crippen molar-refractivity contribution in [1.82, 2.24) is 9.97 Å². The predicted molar refractivity (Wildman–Crippen MR) is 86.4 cm³/mol. The van der Waals surface area contributed by atoms with E-state index in [4.69, 9.17) is 5.73 Å². The van der Waals surface area contributed by atoms with Crippen molar-refractivity contribution in [2.75, 3.05) is 29.6 Å². The number of nitrogens with zero attached hydrogens (tertiary/aromatic N) is 4. The molecule has 5 heteroatoms. The Hall–Kier alpha value is -2.30. The van der Waals surface area contributed by atoms with Gasteiger partial charge >= 0.3 is 0 Å². The molecule has 2 N–H and O–H groups in total. The van der Waals surface area contributed by atoms with Gasteiger partial charge in [-0.3, -0.25) is 0 Å². The van der Waals surface area contributed by atoms with Gasteiger partial charge in [-0.15, -0.1) is 0 Å². The molecule has 0 bridgehead atoms. The van der Waals surface area contributed by atoms with Crippen molar-refractivity contribution in [2.45, 2.75) is 25.4 Å². The van der Waals surface area contributed by atoms with Crippen molar-refractivity contribution in [2.24, 2.45) is 0 Å². The number of benzene rings is 1. The highest BCUT2D eigenvalue weighted by Crippen LogP contribution is 2.32. The van der Waals surface area contributed by atoms with Crippen molar-refractivity contribution < 1.29 is 0 Å².